The maximum atomic E-state index is 15.8. The monoisotopic (exact) mass is 649 g/mol. The maximum absolute atomic E-state index is 15.8. The second-order valence-electron chi connectivity index (χ2n) is 11.8. The maximum Gasteiger partial charge on any atom is 0.508 e. The van der Waals surface area contributed by atoms with Gasteiger partial charge in [0.1, 0.15) is 35.7 Å². The third kappa shape index (κ3) is 6.09. The van der Waals surface area contributed by atoms with Gasteiger partial charge in [0.2, 0.25) is 5.88 Å². The second-order valence-corrected chi connectivity index (χ2v) is 12.1. The van der Waals surface area contributed by atoms with Crippen molar-refractivity contribution in [3.8, 4) is 5.88 Å². The van der Waals surface area contributed by atoms with Gasteiger partial charge in [0, 0.05) is 17.8 Å². The molecule has 2 fully saturated rings. The molecule has 1 saturated heterocycles. The van der Waals surface area contributed by atoms with Crippen LogP contribution < -0.4 is 14.5 Å². The molecule has 0 radical (unpaired) electrons. The van der Waals surface area contributed by atoms with E-state index in [0.717, 1.165) is 17.2 Å². The number of hydrogen-bond donors (Lipinski definition) is 0. The molecule has 1 aliphatic heterocycles. The molecule has 240 valence electrons. The van der Waals surface area contributed by atoms with Crippen molar-refractivity contribution in [1.29, 1.82) is 0 Å². The van der Waals surface area contributed by atoms with Crippen LogP contribution in [0.3, 0.4) is 0 Å². The third-order valence-corrected chi connectivity index (χ3v) is 7.85. The number of halogens is 4. The second kappa shape index (κ2) is 11.7. The summed E-state index contributed by atoms with van der Waals surface area (Å²) in [5, 5.41) is 0.0514. The number of rotatable bonds is 7. The summed E-state index contributed by atoms with van der Waals surface area (Å²) >= 11 is 5.68. The van der Waals surface area contributed by atoms with Gasteiger partial charge in [-0.25, -0.2) is 14.2 Å². The first-order valence-electron chi connectivity index (χ1n) is 14.3. The van der Waals surface area contributed by atoms with Gasteiger partial charge in [-0.3, -0.25) is 14.7 Å². The Labute approximate surface area is 261 Å². The zero-order valence-electron chi connectivity index (χ0n) is 25.2. The van der Waals surface area contributed by atoms with Gasteiger partial charge in [-0.1, -0.05) is 6.92 Å². The van der Waals surface area contributed by atoms with Crippen molar-refractivity contribution < 1.29 is 41.4 Å². The number of amides is 1. The van der Waals surface area contributed by atoms with Crippen LogP contribution in [0, 0.1) is 12.7 Å². The number of carbonyl (C=O) groups excluding carboxylic acids is 2. The zero-order valence-corrected chi connectivity index (χ0v) is 26.1. The Morgan fingerprint density at radius 3 is 2.40 bits per heavy atom. The van der Waals surface area contributed by atoms with Crippen LogP contribution in [0.25, 0.3) is 10.9 Å². The van der Waals surface area contributed by atoms with Gasteiger partial charge in [0.15, 0.2) is 10.9 Å². The van der Waals surface area contributed by atoms with E-state index in [0.29, 0.717) is 31.5 Å². The molecule has 5 rings (SSSR count). The van der Waals surface area contributed by atoms with E-state index in [-0.39, 0.29) is 52.2 Å². The van der Waals surface area contributed by atoms with Crippen LogP contribution in [0.4, 0.5) is 33.7 Å². The highest BCUT2D eigenvalue weighted by Crippen LogP contribution is 2.49. The molecule has 2 aliphatic rings. The predicted octanol–water partition coefficient (Wildman–Crippen LogP) is 6.44. The van der Waals surface area contributed by atoms with Crippen molar-refractivity contribution in [3.63, 3.8) is 0 Å². The molecule has 1 aromatic carbocycles. The Morgan fingerprint density at radius 2 is 1.80 bits per heavy atom. The molecule has 1 saturated carbocycles. The van der Waals surface area contributed by atoms with Crippen molar-refractivity contribution in [2.75, 3.05) is 23.0 Å². The molecule has 10 nitrogen and oxygen atoms in total. The Balaban J connectivity index is 1.51. The van der Waals surface area contributed by atoms with Crippen molar-refractivity contribution in [3.05, 3.63) is 47.3 Å². The number of alkyl halides is 3. The standard InChI is InChI=1S/C30H31F4N5O5S/c1-6-22-36-23-19(24(37-22)42-10-11-43-27(41)44-28(3,4)5)12-17(14-21(23)31)39-26(45)38(25(40)29(39)8-7-9-29)18-13-20(30(32,33)34)16(2)35-15-18/h12-15H,6-11H2,1-5H3. The summed E-state index contributed by atoms with van der Waals surface area (Å²) in [4.78, 5) is 40.8. The number of ether oxygens (including phenoxy) is 3. The van der Waals surface area contributed by atoms with Gasteiger partial charge in [0.05, 0.1) is 22.8 Å². The van der Waals surface area contributed by atoms with Crippen LogP contribution >= 0.6 is 12.2 Å². The minimum atomic E-state index is -4.70. The number of nitrogens with zero attached hydrogens (tertiary/aromatic N) is 5. The number of aromatic nitrogens is 3. The Kier molecular flexibility index (Phi) is 8.36. The van der Waals surface area contributed by atoms with Crippen LogP contribution in [0.5, 0.6) is 5.88 Å². The van der Waals surface area contributed by atoms with Gasteiger partial charge in [-0.2, -0.15) is 18.2 Å². The quantitative estimate of drug-likeness (QED) is 0.123. The van der Waals surface area contributed by atoms with E-state index >= 15 is 4.39 Å². The van der Waals surface area contributed by atoms with Crippen LogP contribution in [0.1, 0.15) is 64.0 Å². The molecule has 1 spiro atoms. The van der Waals surface area contributed by atoms with E-state index < -0.39 is 40.8 Å². The minimum Gasteiger partial charge on any atom is -0.474 e. The van der Waals surface area contributed by atoms with Gasteiger partial charge >= 0.3 is 12.3 Å². The lowest BCUT2D eigenvalue weighted by Gasteiger charge is -2.43. The topological polar surface area (TPSA) is 107 Å². The number of carbonyl (C=O) groups is 2. The van der Waals surface area contributed by atoms with E-state index in [9.17, 15) is 22.8 Å². The summed E-state index contributed by atoms with van der Waals surface area (Å²) in [6.07, 6.45) is -2.68. The molecule has 1 aliphatic carbocycles. The molecular weight excluding hydrogens is 618 g/mol. The van der Waals surface area contributed by atoms with Crippen molar-refractivity contribution in [2.24, 2.45) is 0 Å². The summed E-state index contributed by atoms with van der Waals surface area (Å²) in [6.45, 7) is 7.78. The smallest absolute Gasteiger partial charge is 0.474 e. The fraction of sp³-hybridized carbons (Fsp3) is 0.467. The SMILES string of the molecule is CCc1nc(OCCOC(=O)OC(C)(C)C)c2cc(N3C(=S)N(c4cnc(C)c(C(F)(F)F)c4)C(=O)C34CCC4)cc(F)c2n1. The van der Waals surface area contributed by atoms with E-state index in [4.69, 9.17) is 26.4 Å². The van der Waals surface area contributed by atoms with Crippen LogP contribution in [0.15, 0.2) is 24.4 Å². The largest absolute Gasteiger partial charge is 0.508 e. The lowest BCUT2D eigenvalue weighted by atomic mass is 9.75. The number of pyridine rings is 1. The molecule has 0 unspecified atom stereocenters. The first-order valence-corrected chi connectivity index (χ1v) is 14.7. The molecule has 3 aromatic rings. The average molecular weight is 650 g/mol. The first kappa shape index (κ1) is 32.3. The number of hydrogen-bond acceptors (Lipinski definition) is 9. The number of benzene rings is 1. The van der Waals surface area contributed by atoms with Gasteiger partial charge in [-0.15, -0.1) is 0 Å². The summed E-state index contributed by atoms with van der Waals surface area (Å²) in [5.41, 5.74) is -3.19. The molecule has 0 atom stereocenters. The molecule has 45 heavy (non-hydrogen) atoms. The number of thiocarbonyl (C=S) groups is 1. The minimum absolute atomic E-state index is 0.0129. The molecule has 0 N–H and O–H groups in total. The fourth-order valence-corrected chi connectivity index (χ4v) is 5.74. The normalized spacial score (nSPS) is 16.4. The predicted molar refractivity (Wildman–Crippen MR) is 160 cm³/mol. The Hall–Kier alpha value is -4.14. The Bertz CT molecular complexity index is 1690. The fourth-order valence-electron chi connectivity index (χ4n) is 5.27. The molecule has 2 aromatic heterocycles. The van der Waals surface area contributed by atoms with E-state index in [1.54, 1.807) is 27.7 Å². The molecule has 0 bridgehead atoms. The summed E-state index contributed by atoms with van der Waals surface area (Å²) in [6, 6.07) is 3.55. The molecule has 1 amide bonds. The summed E-state index contributed by atoms with van der Waals surface area (Å²) in [7, 11) is 0. The summed E-state index contributed by atoms with van der Waals surface area (Å²) < 4.78 is 72.8. The summed E-state index contributed by atoms with van der Waals surface area (Å²) in [5.74, 6) is -0.947. The van der Waals surface area contributed by atoms with Crippen molar-refractivity contribution >= 4 is 51.7 Å². The van der Waals surface area contributed by atoms with E-state index in [1.165, 1.54) is 24.0 Å². The van der Waals surface area contributed by atoms with Gasteiger partial charge in [-0.05, 0) is 77.4 Å². The lowest BCUT2D eigenvalue weighted by molar-refractivity contribution is -0.138. The number of fused-ring (bicyclic) bond motifs is 1. The van der Waals surface area contributed by atoms with Crippen molar-refractivity contribution in [2.45, 2.75) is 77.6 Å². The van der Waals surface area contributed by atoms with Gasteiger partial charge in [0.25, 0.3) is 5.91 Å². The highest BCUT2D eigenvalue weighted by molar-refractivity contribution is 7.81. The van der Waals surface area contributed by atoms with Crippen molar-refractivity contribution in [1.82, 2.24) is 15.0 Å². The van der Waals surface area contributed by atoms with Crippen LogP contribution in [-0.2, 0) is 26.9 Å². The molecule has 3 heterocycles. The van der Waals surface area contributed by atoms with E-state index in [1.807, 2.05) is 0 Å². The first-order chi connectivity index (χ1) is 21.1. The number of aryl methyl sites for hydroxylation is 2. The average Bonchev–Trinajstić information content (AvgIpc) is 3.16. The van der Waals surface area contributed by atoms with Crippen LogP contribution in [-0.4, -0.2) is 56.5 Å². The Morgan fingerprint density at radius 1 is 1.09 bits per heavy atom. The highest BCUT2D eigenvalue weighted by Gasteiger charge is 2.60. The zero-order chi connectivity index (χ0) is 32.9. The number of anilines is 2. The van der Waals surface area contributed by atoms with E-state index in [2.05, 4.69) is 15.0 Å². The molecule has 15 heteroatoms. The molecular formula is C30H31F4N5O5S. The van der Waals surface area contributed by atoms with Crippen LogP contribution in [0.2, 0.25) is 0 Å². The third-order valence-electron chi connectivity index (χ3n) is 7.48. The van der Waals surface area contributed by atoms with Gasteiger partial charge < -0.3 is 19.1 Å². The highest BCUT2D eigenvalue weighted by atomic mass is 32.1. The lowest BCUT2D eigenvalue weighted by Crippen LogP contribution is -2.55.